The number of rotatable bonds is 9. The zero-order valence-corrected chi connectivity index (χ0v) is 13.2. The van der Waals surface area contributed by atoms with E-state index in [0.717, 1.165) is 12.7 Å². The van der Waals surface area contributed by atoms with Gasteiger partial charge >= 0.3 is 0 Å². The Morgan fingerprint density at radius 3 is 2.52 bits per heavy atom. The number of amides is 1. The molecule has 0 saturated carbocycles. The van der Waals surface area contributed by atoms with Crippen LogP contribution in [-0.4, -0.2) is 47.4 Å². The lowest BCUT2D eigenvalue weighted by molar-refractivity contribution is -0.120. The van der Waals surface area contributed by atoms with Gasteiger partial charge in [0.15, 0.2) is 0 Å². The molecular formula is C14H22N2O4S. The first-order valence-electron chi connectivity index (χ1n) is 6.73. The molecule has 0 aromatic heterocycles. The van der Waals surface area contributed by atoms with Crippen LogP contribution >= 0.6 is 0 Å². The minimum atomic E-state index is -3.41. The Bertz CT molecular complexity index is 531. The number of sulfonamides is 1. The lowest BCUT2D eigenvalue weighted by Gasteiger charge is -2.22. The van der Waals surface area contributed by atoms with E-state index in [4.69, 9.17) is 4.74 Å². The lowest BCUT2D eigenvalue weighted by atomic mass is 10.3. The van der Waals surface area contributed by atoms with E-state index in [2.05, 4.69) is 5.32 Å². The second-order valence-corrected chi connectivity index (χ2v) is 6.52. The molecule has 0 heterocycles. The van der Waals surface area contributed by atoms with Gasteiger partial charge in [-0.25, -0.2) is 8.42 Å². The molecule has 0 aliphatic heterocycles. The fourth-order valence-corrected chi connectivity index (χ4v) is 2.74. The number of nitrogens with one attached hydrogen (secondary N) is 1. The molecule has 1 amide bonds. The maximum atomic E-state index is 11.8. The maximum absolute atomic E-state index is 11.8. The van der Waals surface area contributed by atoms with Gasteiger partial charge in [-0.05, 0) is 18.6 Å². The van der Waals surface area contributed by atoms with Crippen LogP contribution in [0.2, 0.25) is 0 Å². The van der Waals surface area contributed by atoms with Crippen LogP contribution in [0.3, 0.4) is 0 Å². The molecule has 1 N–H and O–H groups in total. The SMILES string of the molecule is COCCCNC(=O)CCN(c1ccccc1)S(C)(=O)=O. The Balaban J connectivity index is 2.54. The van der Waals surface area contributed by atoms with Crippen LogP contribution in [0.1, 0.15) is 12.8 Å². The van der Waals surface area contributed by atoms with Gasteiger partial charge < -0.3 is 10.1 Å². The van der Waals surface area contributed by atoms with E-state index in [1.54, 1.807) is 31.4 Å². The Labute approximate surface area is 126 Å². The summed E-state index contributed by atoms with van der Waals surface area (Å²) < 4.78 is 29.8. The molecule has 0 bridgehead atoms. The van der Waals surface area contributed by atoms with Crippen molar-refractivity contribution < 1.29 is 17.9 Å². The van der Waals surface area contributed by atoms with Crippen LogP contribution < -0.4 is 9.62 Å². The summed E-state index contributed by atoms with van der Waals surface area (Å²) in [5.74, 6) is -0.171. The first-order valence-corrected chi connectivity index (χ1v) is 8.58. The van der Waals surface area contributed by atoms with Gasteiger partial charge in [0.05, 0.1) is 11.9 Å². The van der Waals surface area contributed by atoms with Crippen LogP contribution in [0.15, 0.2) is 30.3 Å². The van der Waals surface area contributed by atoms with Crippen LogP contribution in [0.5, 0.6) is 0 Å². The summed E-state index contributed by atoms with van der Waals surface area (Å²) in [5.41, 5.74) is 0.562. The number of carbonyl (C=O) groups is 1. The van der Waals surface area contributed by atoms with Crippen molar-refractivity contribution in [2.24, 2.45) is 0 Å². The predicted octanol–water partition coefficient (Wildman–Crippen LogP) is 0.995. The van der Waals surface area contributed by atoms with Gasteiger partial charge in [0.25, 0.3) is 0 Å². The number of anilines is 1. The minimum Gasteiger partial charge on any atom is -0.385 e. The first-order chi connectivity index (χ1) is 9.95. The molecule has 7 heteroatoms. The van der Waals surface area contributed by atoms with Gasteiger partial charge in [-0.2, -0.15) is 0 Å². The van der Waals surface area contributed by atoms with Gasteiger partial charge in [-0.1, -0.05) is 18.2 Å². The molecule has 118 valence electrons. The lowest BCUT2D eigenvalue weighted by Crippen LogP contribution is -2.35. The number of benzene rings is 1. The van der Waals surface area contributed by atoms with Crippen molar-refractivity contribution in [3.8, 4) is 0 Å². The van der Waals surface area contributed by atoms with Crippen LogP contribution in [-0.2, 0) is 19.6 Å². The molecule has 1 aromatic rings. The highest BCUT2D eigenvalue weighted by molar-refractivity contribution is 7.92. The second-order valence-electron chi connectivity index (χ2n) is 4.62. The summed E-state index contributed by atoms with van der Waals surface area (Å²) in [6, 6.07) is 8.75. The van der Waals surface area contributed by atoms with E-state index in [0.29, 0.717) is 18.8 Å². The Hall–Kier alpha value is -1.60. The molecule has 0 radical (unpaired) electrons. The zero-order chi connectivity index (χ0) is 15.7. The smallest absolute Gasteiger partial charge is 0.232 e. The van der Waals surface area contributed by atoms with E-state index >= 15 is 0 Å². The third-order valence-corrected chi connectivity index (χ3v) is 4.03. The van der Waals surface area contributed by atoms with Crippen LogP contribution in [0.25, 0.3) is 0 Å². The summed E-state index contributed by atoms with van der Waals surface area (Å²) in [7, 11) is -1.81. The summed E-state index contributed by atoms with van der Waals surface area (Å²) in [4.78, 5) is 11.7. The molecule has 21 heavy (non-hydrogen) atoms. The van der Waals surface area contributed by atoms with Gasteiger partial charge in [-0.15, -0.1) is 0 Å². The zero-order valence-electron chi connectivity index (χ0n) is 12.4. The first kappa shape index (κ1) is 17.5. The average Bonchev–Trinajstić information content (AvgIpc) is 2.43. The molecular weight excluding hydrogens is 292 g/mol. The van der Waals surface area contributed by atoms with Crippen molar-refractivity contribution in [3.63, 3.8) is 0 Å². The number of ether oxygens (including phenoxy) is 1. The van der Waals surface area contributed by atoms with Crippen LogP contribution in [0.4, 0.5) is 5.69 Å². The Kier molecular flexibility index (Phi) is 7.18. The maximum Gasteiger partial charge on any atom is 0.232 e. The third kappa shape index (κ3) is 6.59. The molecule has 0 saturated heterocycles. The van der Waals surface area contributed by atoms with Crippen molar-refractivity contribution in [1.82, 2.24) is 5.32 Å². The fourth-order valence-electron chi connectivity index (χ4n) is 1.82. The van der Waals surface area contributed by atoms with Crippen molar-refractivity contribution in [1.29, 1.82) is 0 Å². The van der Waals surface area contributed by atoms with Crippen LogP contribution in [0, 0.1) is 0 Å². The standard InChI is InChI=1S/C14H22N2O4S/c1-20-12-6-10-15-14(17)9-11-16(21(2,18)19)13-7-4-3-5-8-13/h3-5,7-8H,6,9-12H2,1-2H3,(H,15,17). The normalized spacial score (nSPS) is 11.1. The Morgan fingerprint density at radius 1 is 1.29 bits per heavy atom. The minimum absolute atomic E-state index is 0.120. The number of carbonyl (C=O) groups excluding carboxylic acids is 1. The molecule has 6 nitrogen and oxygen atoms in total. The number of nitrogens with zero attached hydrogens (tertiary/aromatic N) is 1. The third-order valence-electron chi connectivity index (χ3n) is 2.83. The van der Waals surface area contributed by atoms with E-state index in [9.17, 15) is 13.2 Å². The average molecular weight is 314 g/mol. The topological polar surface area (TPSA) is 75.7 Å². The van der Waals surface area contributed by atoms with Gasteiger partial charge in [-0.3, -0.25) is 9.10 Å². The second kappa shape index (κ2) is 8.63. The fraction of sp³-hybridized carbons (Fsp3) is 0.500. The molecule has 1 aromatic carbocycles. The van der Waals surface area contributed by atoms with Crippen molar-refractivity contribution in [3.05, 3.63) is 30.3 Å². The van der Waals surface area contributed by atoms with Gasteiger partial charge in [0.2, 0.25) is 15.9 Å². The van der Waals surface area contributed by atoms with Gasteiger partial charge in [0, 0.05) is 33.2 Å². The largest absolute Gasteiger partial charge is 0.385 e. The van der Waals surface area contributed by atoms with E-state index < -0.39 is 10.0 Å². The highest BCUT2D eigenvalue weighted by Crippen LogP contribution is 2.16. The number of hydrogen-bond acceptors (Lipinski definition) is 4. The summed E-state index contributed by atoms with van der Waals surface area (Å²) in [6.45, 7) is 1.23. The molecule has 0 atom stereocenters. The highest BCUT2D eigenvalue weighted by Gasteiger charge is 2.18. The molecule has 0 spiro atoms. The van der Waals surface area contributed by atoms with Crippen molar-refractivity contribution in [2.45, 2.75) is 12.8 Å². The summed E-state index contributed by atoms with van der Waals surface area (Å²) >= 11 is 0. The summed E-state index contributed by atoms with van der Waals surface area (Å²) in [6.07, 6.45) is 1.99. The Morgan fingerprint density at radius 2 is 1.95 bits per heavy atom. The van der Waals surface area contributed by atoms with E-state index in [-0.39, 0.29) is 18.9 Å². The van der Waals surface area contributed by atoms with E-state index in [1.807, 2.05) is 6.07 Å². The molecule has 0 aliphatic carbocycles. The van der Waals surface area contributed by atoms with Crippen molar-refractivity contribution >= 4 is 21.6 Å². The molecule has 0 fully saturated rings. The summed E-state index contributed by atoms with van der Waals surface area (Å²) in [5, 5.41) is 2.74. The number of para-hydroxylation sites is 1. The molecule has 0 aliphatic rings. The quantitative estimate of drug-likeness (QED) is 0.690. The van der Waals surface area contributed by atoms with Crippen molar-refractivity contribution in [2.75, 3.05) is 37.4 Å². The monoisotopic (exact) mass is 314 g/mol. The highest BCUT2D eigenvalue weighted by atomic mass is 32.2. The number of methoxy groups -OCH3 is 1. The molecule has 0 unspecified atom stereocenters. The predicted molar refractivity (Wildman–Crippen MR) is 82.8 cm³/mol. The van der Waals surface area contributed by atoms with E-state index in [1.165, 1.54) is 4.31 Å². The molecule has 1 rings (SSSR count). The van der Waals surface area contributed by atoms with Gasteiger partial charge in [0.1, 0.15) is 0 Å². The number of hydrogen-bond donors (Lipinski definition) is 1.